The first-order chi connectivity index (χ1) is 11.6. The third-order valence-corrected chi connectivity index (χ3v) is 4.92. The molecule has 2 fully saturated rings. The molecule has 1 N–H and O–H groups in total. The fraction of sp³-hybridized carbons (Fsp3) is 0.588. The fourth-order valence-electron chi connectivity index (χ4n) is 3.55. The monoisotopic (exact) mass is 332 g/mol. The first-order valence-corrected chi connectivity index (χ1v) is 8.69. The Morgan fingerprint density at radius 2 is 1.75 bits per heavy atom. The quantitative estimate of drug-likeness (QED) is 0.682. The highest BCUT2D eigenvalue weighted by atomic mass is 16.6. The summed E-state index contributed by atoms with van der Waals surface area (Å²) in [6, 6.07) is 7.09. The molecule has 1 aliphatic carbocycles. The van der Waals surface area contributed by atoms with Gasteiger partial charge < -0.3 is 15.1 Å². The van der Waals surface area contributed by atoms with Gasteiger partial charge in [0.05, 0.1) is 4.92 Å². The van der Waals surface area contributed by atoms with Crippen LogP contribution in [0.15, 0.2) is 24.3 Å². The van der Waals surface area contributed by atoms with E-state index in [1.165, 1.54) is 25.3 Å². The Labute approximate surface area is 141 Å². The Morgan fingerprint density at radius 3 is 2.42 bits per heavy atom. The summed E-state index contributed by atoms with van der Waals surface area (Å²) in [6.07, 6.45) is 5.79. The number of carbonyl (C=O) groups is 1. The van der Waals surface area contributed by atoms with Crippen LogP contribution in [0.3, 0.4) is 0 Å². The number of rotatable bonds is 3. The van der Waals surface area contributed by atoms with Crippen molar-refractivity contribution in [1.29, 1.82) is 0 Å². The molecule has 0 bridgehead atoms. The number of hydrogen-bond donors (Lipinski definition) is 1. The molecule has 24 heavy (non-hydrogen) atoms. The third-order valence-electron chi connectivity index (χ3n) is 4.92. The average Bonchev–Trinajstić information content (AvgIpc) is 2.62. The molecule has 1 aromatic carbocycles. The number of anilines is 1. The summed E-state index contributed by atoms with van der Waals surface area (Å²) in [6.45, 7) is 2.40. The number of para-hydroxylation sites is 2. The molecular weight excluding hydrogens is 308 g/mol. The number of hydrogen-bond acceptors (Lipinski definition) is 4. The number of carbonyl (C=O) groups excluding carboxylic acids is 1. The van der Waals surface area contributed by atoms with Crippen molar-refractivity contribution in [3.63, 3.8) is 0 Å². The van der Waals surface area contributed by atoms with Crippen LogP contribution < -0.4 is 10.2 Å². The zero-order chi connectivity index (χ0) is 16.9. The van der Waals surface area contributed by atoms with Gasteiger partial charge in [0.15, 0.2) is 0 Å². The molecule has 1 aromatic rings. The predicted molar refractivity (Wildman–Crippen MR) is 92.3 cm³/mol. The minimum absolute atomic E-state index is 0.00381. The third kappa shape index (κ3) is 3.77. The first-order valence-electron chi connectivity index (χ1n) is 8.69. The van der Waals surface area contributed by atoms with Gasteiger partial charge in [0.25, 0.3) is 5.69 Å². The molecule has 1 aliphatic heterocycles. The van der Waals surface area contributed by atoms with Gasteiger partial charge in [-0.25, -0.2) is 4.79 Å². The molecule has 0 radical (unpaired) electrons. The van der Waals surface area contributed by atoms with Crippen molar-refractivity contribution < 1.29 is 9.72 Å². The lowest BCUT2D eigenvalue weighted by atomic mass is 9.96. The van der Waals surface area contributed by atoms with Crippen molar-refractivity contribution in [1.82, 2.24) is 10.2 Å². The second-order valence-electron chi connectivity index (χ2n) is 6.50. The van der Waals surface area contributed by atoms with Gasteiger partial charge >= 0.3 is 6.03 Å². The lowest BCUT2D eigenvalue weighted by Gasteiger charge is -2.36. The summed E-state index contributed by atoms with van der Waals surface area (Å²) in [5, 5.41) is 14.3. The highest BCUT2D eigenvalue weighted by molar-refractivity contribution is 5.75. The van der Waals surface area contributed by atoms with Crippen molar-refractivity contribution in [2.45, 2.75) is 38.1 Å². The minimum Gasteiger partial charge on any atom is -0.362 e. The van der Waals surface area contributed by atoms with Gasteiger partial charge in [0.1, 0.15) is 5.69 Å². The van der Waals surface area contributed by atoms with E-state index < -0.39 is 0 Å². The lowest BCUT2D eigenvalue weighted by Crippen LogP contribution is -2.53. The second-order valence-corrected chi connectivity index (χ2v) is 6.50. The van der Waals surface area contributed by atoms with E-state index in [1.807, 2.05) is 15.9 Å². The Balaban J connectivity index is 1.56. The second kappa shape index (κ2) is 7.51. The number of piperazine rings is 1. The summed E-state index contributed by atoms with van der Waals surface area (Å²) in [5.74, 6) is 0. The predicted octanol–water partition coefficient (Wildman–Crippen LogP) is 2.76. The van der Waals surface area contributed by atoms with E-state index in [9.17, 15) is 14.9 Å². The SMILES string of the molecule is O=C(NC1CCCCC1)N1CCN(c2ccccc2[N+](=O)[O-])CC1. The topological polar surface area (TPSA) is 78.7 Å². The number of urea groups is 1. The number of nitrogens with zero attached hydrogens (tertiary/aromatic N) is 3. The molecule has 1 saturated heterocycles. The van der Waals surface area contributed by atoms with Crippen LogP contribution in [0.25, 0.3) is 0 Å². The maximum Gasteiger partial charge on any atom is 0.317 e. The smallest absolute Gasteiger partial charge is 0.317 e. The summed E-state index contributed by atoms with van der Waals surface area (Å²) in [4.78, 5) is 27.0. The highest BCUT2D eigenvalue weighted by Gasteiger charge is 2.26. The fourth-order valence-corrected chi connectivity index (χ4v) is 3.55. The van der Waals surface area contributed by atoms with Gasteiger partial charge in [-0.3, -0.25) is 10.1 Å². The van der Waals surface area contributed by atoms with Crippen molar-refractivity contribution in [3.05, 3.63) is 34.4 Å². The van der Waals surface area contributed by atoms with E-state index in [4.69, 9.17) is 0 Å². The molecular formula is C17H24N4O3. The van der Waals surface area contributed by atoms with Gasteiger partial charge in [0.2, 0.25) is 0 Å². The van der Waals surface area contributed by atoms with Crippen LogP contribution in [0, 0.1) is 10.1 Å². The number of nitro benzene ring substituents is 1. The molecule has 3 rings (SSSR count). The number of nitro groups is 1. The average molecular weight is 332 g/mol. The summed E-state index contributed by atoms with van der Waals surface area (Å²) >= 11 is 0. The Bertz CT molecular complexity index is 593. The molecule has 1 saturated carbocycles. The summed E-state index contributed by atoms with van der Waals surface area (Å²) in [7, 11) is 0. The minimum atomic E-state index is -0.350. The van der Waals surface area contributed by atoms with E-state index in [0.717, 1.165) is 12.8 Å². The maximum atomic E-state index is 12.4. The van der Waals surface area contributed by atoms with E-state index in [2.05, 4.69) is 5.32 Å². The van der Waals surface area contributed by atoms with Crippen LogP contribution in [0.5, 0.6) is 0 Å². The van der Waals surface area contributed by atoms with E-state index >= 15 is 0 Å². The molecule has 0 spiro atoms. The molecule has 0 atom stereocenters. The summed E-state index contributed by atoms with van der Waals surface area (Å²) < 4.78 is 0. The van der Waals surface area contributed by atoms with Crippen LogP contribution in [-0.4, -0.2) is 48.1 Å². The molecule has 7 nitrogen and oxygen atoms in total. The first kappa shape index (κ1) is 16.5. The van der Waals surface area contributed by atoms with Gasteiger partial charge in [-0.05, 0) is 18.9 Å². The zero-order valence-electron chi connectivity index (χ0n) is 13.8. The number of benzene rings is 1. The Kier molecular flexibility index (Phi) is 5.17. The largest absolute Gasteiger partial charge is 0.362 e. The normalized spacial score (nSPS) is 19.2. The summed E-state index contributed by atoms with van der Waals surface area (Å²) in [5.41, 5.74) is 0.757. The van der Waals surface area contributed by atoms with Crippen molar-refractivity contribution >= 4 is 17.4 Å². The molecule has 0 unspecified atom stereocenters. The molecule has 0 aromatic heterocycles. The van der Waals surface area contributed by atoms with Crippen molar-refractivity contribution in [3.8, 4) is 0 Å². The van der Waals surface area contributed by atoms with Gasteiger partial charge in [-0.1, -0.05) is 31.4 Å². The van der Waals surface area contributed by atoms with E-state index in [-0.39, 0.29) is 16.6 Å². The number of nitrogens with one attached hydrogen (secondary N) is 1. The van der Waals surface area contributed by atoms with Crippen molar-refractivity contribution in [2.24, 2.45) is 0 Å². The molecule has 7 heteroatoms. The highest BCUT2D eigenvalue weighted by Crippen LogP contribution is 2.28. The maximum absolute atomic E-state index is 12.4. The van der Waals surface area contributed by atoms with Crippen LogP contribution in [-0.2, 0) is 0 Å². The molecule has 2 amide bonds. The van der Waals surface area contributed by atoms with Crippen LogP contribution in [0.1, 0.15) is 32.1 Å². The van der Waals surface area contributed by atoms with E-state index in [0.29, 0.717) is 37.9 Å². The van der Waals surface area contributed by atoms with Crippen LogP contribution in [0.2, 0.25) is 0 Å². The van der Waals surface area contributed by atoms with Gasteiger partial charge in [-0.2, -0.15) is 0 Å². The molecule has 130 valence electrons. The Morgan fingerprint density at radius 1 is 1.08 bits per heavy atom. The van der Waals surface area contributed by atoms with Gasteiger partial charge in [-0.15, -0.1) is 0 Å². The van der Waals surface area contributed by atoms with E-state index in [1.54, 1.807) is 12.1 Å². The van der Waals surface area contributed by atoms with Crippen LogP contribution >= 0.6 is 0 Å². The van der Waals surface area contributed by atoms with Crippen LogP contribution in [0.4, 0.5) is 16.2 Å². The standard InChI is InChI=1S/C17H24N4O3/c22-17(18-14-6-2-1-3-7-14)20-12-10-19(11-13-20)15-8-4-5-9-16(15)21(23)24/h4-5,8-9,14H,1-3,6-7,10-13H2,(H,18,22). The molecule has 1 heterocycles. The molecule has 2 aliphatic rings. The number of amides is 2. The van der Waals surface area contributed by atoms with Gasteiger partial charge in [0, 0.05) is 38.3 Å². The van der Waals surface area contributed by atoms with Crippen molar-refractivity contribution in [2.75, 3.05) is 31.1 Å². The Hall–Kier alpha value is -2.31. The lowest BCUT2D eigenvalue weighted by molar-refractivity contribution is -0.384. The zero-order valence-corrected chi connectivity index (χ0v) is 13.8.